The van der Waals surface area contributed by atoms with Crippen LogP contribution in [-0.2, 0) is 5.54 Å². The van der Waals surface area contributed by atoms with E-state index < -0.39 is 5.54 Å². The summed E-state index contributed by atoms with van der Waals surface area (Å²) >= 11 is 1.72. The summed E-state index contributed by atoms with van der Waals surface area (Å²) < 4.78 is 2.06. The van der Waals surface area contributed by atoms with Crippen molar-refractivity contribution in [2.24, 2.45) is 5.73 Å². The Morgan fingerprint density at radius 1 is 1.29 bits per heavy atom. The van der Waals surface area contributed by atoms with Crippen LogP contribution in [0.25, 0.3) is 5.69 Å². The third-order valence-corrected chi connectivity index (χ3v) is 3.43. The molecule has 1 heterocycles. The number of imidazole rings is 1. The molecule has 2 aromatic rings. The van der Waals surface area contributed by atoms with E-state index >= 15 is 0 Å². The lowest BCUT2D eigenvalue weighted by Crippen LogP contribution is -2.31. The van der Waals surface area contributed by atoms with Gasteiger partial charge in [-0.1, -0.05) is 12.1 Å². The van der Waals surface area contributed by atoms with Gasteiger partial charge in [0.1, 0.15) is 0 Å². The van der Waals surface area contributed by atoms with Crippen LogP contribution in [0.15, 0.2) is 41.7 Å². The van der Waals surface area contributed by atoms with Gasteiger partial charge in [-0.3, -0.25) is 0 Å². The Morgan fingerprint density at radius 2 is 2.00 bits per heavy atom. The van der Waals surface area contributed by atoms with Crippen LogP contribution < -0.4 is 5.73 Å². The van der Waals surface area contributed by atoms with Gasteiger partial charge in [-0.05, 0) is 32.2 Å². The zero-order valence-electron chi connectivity index (χ0n) is 10.3. The number of rotatable bonds is 3. The van der Waals surface area contributed by atoms with Crippen molar-refractivity contribution in [3.8, 4) is 5.69 Å². The Hall–Kier alpha value is -1.26. The molecule has 0 aliphatic rings. The first kappa shape index (κ1) is 12.2. The zero-order chi connectivity index (χ0) is 12.5. The van der Waals surface area contributed by atoms with Gasteiger partial charge in [-0.15, -0.1) is 11.8 Å². The SMILES string of the molecule is CSc1ccccc1-n1cncc1C(C)(C)N. The van der Waals surface area contributed by atoms with Gasteiger partial charge < -0.3 is 10.3 Å². The lowest BCUT2D eigenvalue weighted by atomic mass is 10.0. The fourth-order valence-corrected chi connectivity index (χ4v) is 2.38. The van der Waals surface area contributed by atoms with Gasteiger partial charge in [0.05, 0.1) is 29.4 Å². The highest BCUT2D eigenvalue weighted by atomic mass is 32.2. The minimum atomic E-state index is -0.401. The number of aromatic nitrogens is 2. The van der Waals surface area contributed by atoms with Crippen molar-refractivity contribution in [1.82, 2.24) is 9.55 Å². The zero-order valence-corrected chi connectivity index (χ0v) is 11.2. The van der Waals surface area contributed by atoms with E-state index in [4.69, 9.17) is 5.73 Å². The summed E-state index contributed by atoms with van der Waals surface area (Å²) in [5.41, 5.74) is 7.91. The quantitative estimate of drug-likeness (QED) is 0.848. The molecule has 3 nitrogen and oxygen atoms in total. The standard InChI is InChI=1S/C13H17N3S/c1-13(2,14)12-8-15-9-16(12)10-6-4-5-7-11(10)17-3/h4-9H,14H2,1-3H3. The maximum atomic E-state index is 6.16. The Kier molecular flexibility index (Phi) is 3.26. The third kappa shape index (κ3) is 2.37. The molecule has 1 aromatic carbocycles. The first-order valence-corrected chi connectivity index (χ1v) is 6.71. The predicted molar refractivity (Wildman–Crippen MR) is 72.6 cm³/mol. The molecule has 0 aliphatic heterocycles. The molecule has 2 rings (SSSR count). The Morgan fingerprint density at radius 3 is 2.65 bits per heavy atom. The number of hydrogen-bond donors (Lipinski definition) is 1. The maximum Gasteiger partial charge on any atom is 0.0995 e. The van der Waals surface area contributed by atoms with Gasteiger partial charge in [0, 0.05) is 4.90 Å². The Balaban J connectivity index is 2.58. The second-order valence-electron chi connectivity index (χ2n) is 4.54. The fraction of sp³-hybridized carbons (Fsp3) is 0.308. The van der Waals surface area contributed by atoms with Crippen molar-refractivity contribution in [3.05, 3.63) is 42.5 Å². The lowest BCUT2D eigenvalue weighted by Gasteiger charge is -2.21. The van der Waals surface area contributed by atoms with Gasteiger partial charge in [0.15, 0.2) is 0 Å². The third-order valence-electron chi connectivity index (χ3n) is 2.64. The molecule has 0 saturated carbocycles. The number of para-hydroxylation sites is 1. The van der Waals surface area contributed by atoms with Crippen molar-refractivity contribution < 1.29 is 0 Å². The molecule has 0 fully saturated rings. The van der Waals surface area contributed by atoms with Gasteiger partial charge in [-0.25, -0.2) is 4.98 Å². The van der Waals surface area contributed by atoms with E-state index in [1.807, 2.05) is 38.5 Å². The molecule has 0 unspecified atom stereocenters. The fourth-order valence-electron chi connectivity index (χ4n) is 1.79. The number of thioether (sulfide) groups is 1. The molecule has 0 bridgehead atoms. The van der Waals surface area contributed by atoms with E-state index in [1.54, 1.807) is 11.8 Å². The summed E-state index contributed by atoms with van der Waals surface area (Å²) in [7, 11) is 0. The molecule has 0 spiro atoms. The van der Waals surface area contributed by atoms with Gasteiger partial charge in [0.25, 0.3) is 0 Å². The molecule has 17 heavy (non-hydrogen) atoms. The van der Waals surface area contributed by atoms with Crippen molar-refractivity contribution in [1.29, 1.82) is 0 Å². The van der Waals surface area contributed by atoms with Crippen molar-refractivity contribution in [3.63, 3.8) is 0 Å². The number of nitrogens with two attached hydrogens (primary N) is 1. The van der Waals surface area contributed by atoms with Gasteiger partial charge in [-0.2, -0.15) is 0 Å². The van der Waals surface area contributed by atoms with Crippen LogP contribution in [0.3, 0.4) is 0 Å². The summed E-state index contributed by atoms with van der Waals surface area (Å²) in [6, 6.07) is 8.26. The molecule has 0 radical (unpaired) electrons. The number of benzene rings is 1. The minimum absolute atomic E-state index is 0.401. The van der Waals surface area contributed by atoms with Crippen LogP contribution >= 0.6 is 11.8 Å². The monoisotopic (exact) mass is 247 g/mol. The first-order chi connectivity index (χ1) is 8.04. The van der Waals surface area contributed by atoms with Gasteiger partial charge >= 0.3 is 0 Å². The molecule has 0 atom stereocenters. The molecule has 0 aliphatic carbocycles. The van der Waals surface area contributed by atoms with E-state index in [0.29, 0.717) is 0 Å². The summed E-state index contributed by atoms with van der Waals surface area (Å²) in [6.45, 7) is 3.98. The molecule has 2 N–H and O–H groups in total. The molecule has 4 heteroatoms. The lowest BCUT2D eigenvalue weighted by molar-refractivity contribution is 0.523. The average molecular weight is 247 g/mol. The van der Waals surface area contributed by atoms with Crippen LogP contribution in [0.2, 0.25) is 0 Å². The number of hydrogen-bond acceptors (Lipinski definition) is 3. The van der Waals surface area contributed by atoms with E-state index in [-0.39, 0.29) is 0 Å². The average Bonchev–Trinajstić information content (AvgIpc) is 2.77. The Bertz CT molecular complexity index is 511. The van der Waals surface area contributed by atoms with Crippen LogP contribution in [0.5, 0.6) is 0 Å². The van der Waals surface area contributed by atoms with Crippen molar-refractivity contribution in [2.75, 3.05) is 6.26 Å². The van der Waals surface area contributed by atoms with Crippen LogP contribution in [-0.4, -0.2) is 15.8 Å². The summed E-state index contributed by atoms with van der Waals surface area (Å²) in [6.07, 6.45) is 5.72. The largest absolute Gasteiger partial charge is 0.321 e. The van der Waals surface area contributed by atoms with Crippen LogP contribution in [0.4, 0.5) is 0 Å². The van der Waals surface area contributed by atoms with E-state index in [9.17, 15) is 0 Å². The highest BCUT2D eigenvalue weighted by Crippen LogP contribution is 2.27. The van der Waals surface area contributed by atoms with Crippen molar-refractivity contribution >= 4 is 11.8 Å². The van der Waals surface area contributed by atoms with E-state index in [0.717, 1.165) is 11.4 Å². The summed E-state index contributed by atoms with van der Waals surface area (Å²) in [5, 5.41) is 0. The highest BCUT2D eigenvalue weighted by Gasteiger charge is 2.20. The van der Waals surface area contributed by atoms with Crippen molar-refractivity contribution in [2.45, 2.75) is 24.3 Å². The molecular weight excluding hydrogens is 230 g/mol. The normalized spacial score (nSPS) is 11.8. The van der Waals surface area contributed by atoms with Crippen LogP contribution in [0.1, 0.15) is 19.5 Å². The predicted octanol–water partition coefficient (Wildman–Crippen LogP) is 2.79. The van der Waals surface area contributed by atoms with Crippen LogP contribution in [0, 0.1) is 0 Å². The second kappa shape index (κ2) is 4.55. The molecule has 90 valence electrons. The van der Waals surface area contributed by atoms with Gasteiger partial charge in [0.2, 0.25) is 0 Å². The van der Waals surface area contributed by atoms with E-state index in [2.05, 4.69) is 27.9 Å². The highest BCUT2D eigenvalue weighted by molar-refractivity contribution is 7.98. The first-order valence-electron chi connectivity index (χ1n) is 5.49. The Labute approximate surface area is 106 Å². The summed E-state index contributed by atoms with van der Waals surface area (Å²) in [4.78, 5) is 5.43. The smallest absolute Gasteiger partial charge is 0.0995 e. The van der Waals surface area contributed by atoms with E-state index in [1.165, 1.54) is 4.90 Å². The molecule has 0 amide bonds. The minimum Gasteiger partial charge on any atom is -0.321 e. The maximum absolute atomic E-state index is 6.16. The molecular formula is C13H17N3S. The number of nitrogens with zero attached hydrogens (tertiary/aromatic N) is 2. The summed E-state index contributed by atoms with van der Waals surface area (Å²) in [5.74, 6) is 0. The topological polar surface area (TPSA) is 43.8 Å². The molecule has 0 saturated heterocycles. The second-order valence-corrected chi connectivity index (χ2v) is 5.39. The molecule has 1 aromatic heterocycles.